The van der Waals surface area contributed by atoms with Gasteiger partial charge in [0.2, 0.25) is 5.96 Å². The monoisotopic (exact) mass is 326 g/mol. The molecule has 0 heterocycles. The lowest BCUT2D eigenvalue weighted by atomic mass is 10.1. The van der Waals surface area contributed by atoms with Crippen molar-refractivity contribution in [2.24, 2.45) is 10.8 Å². The minimum atomic E-state index is -0.196. The number of nitrogens with one attached hydrogen (secondary N) is 2. The number of nitrogens with two attached hydrogens (primary N) is 1. The van der Waals surface area contributed by atoms with Gasteiger partial charge in [0.25, 0.3) is 0 Å². The lowest BCUT2D eigenvalue weighted by Gasteiger charge is -1.98. The van der Waals surface area contributed by atoms with Gasteiger partial charge < -0.3 is 5.73 Å². The topological polar surface area (TPSA) is 74.3 Å². The predicted molar refractivity (Wildman–Crippen MR) is 101 cm³/mol. The van der Waals surface area contributed by atoms with Crippen LogP contribution in [0, 0.1) is 5.41 Å². The fourth-order valence-electron chi connectivity index (χ4n) is 1.75. The number of rotatable bonds is 5. The zero-order valence-electron chi connectivity index (χ0n) is 12.5. The highest BCUT2D eigenvalue weighted by Crippen LogP contribution is 2.04. The van der Waals surface area contributed by atoms with E-state index in [1.165, 1.54) is 0 Å². The third kappa shape index (κ3) is 7.11. The van der Waals surface area contributed by atoms with Crippen molar-refractivity contribution < 1.29 is 0 Å². The first-order valence-corrected chi connectivity index (χ1v) is 6.88. The van der Waals surface area contributed by atoms with Crippen molar-refractivity contribution in [1.29, 1.82) is 5.41 Å². The fourth-order valence-corrected chi connectivity index (χ4v) is 1.75. The Hall–Kier alpha value is -2.85. The molecule has 0 unspecified atom stereocenters. The van der Waals surface area contributed by atoms with Crippen LogP contribution in [0.15, 0.2) is 77.9 Å². The van der Waals surface area contributed by atoms with E-state index in [-0.39, 0.29) is 18.4 Å². The summed E-state index contributed by atoms with van der Waals surface area (Å²) in [6.07, 6.45) is 7.64. The Morgan fingerprint density at radius 1 is 0.870 bits per heavy atom. The second-order valence-electron chi connectivity index (χ2n) is 4.55. The fraction of sp³-hybridized carbons (Fsp3) is 0. The largest absolute Gasteiger partial charge is 0.369 e. The van der Waals surface area contributed by atoms with Gasteiger partial charge in [0.15, 0.2) is 0 Å². The van der Waals surface area contributed by atoms with Crippen molar-refractivity contribution in [2.45, 2.75) is 0 Å². The molecule has 4 N–H and O–H groups in total. The smallest absolute Gasteiger partial charge is 0.206 e. The summed E-state index contributed by atoms with van der Waals surface area (Å²) in [5, 5.41) is 11.3. The van der Waals surface area contributed by atoms with Crippen LogP contribution in [0.3, 0.4) is 0 Å². The van der Waals surface area contributed by atoms with Crippen molar-refractivity contribution in [2.75, 3.05) is 0 Å². The van der Waals surface area contributed by atoms with Gasteiger partial charge in [-0.1, -0.05) is 72.8 Å². The van der Waals surface area contributed by atoms with Gasteiger partial charge >= 0.3 is 0 Å². The summed E-state index contributed by atoms with van der Waals surface area (Å²) in [7, 11) is 0. The van der Waals surface area contributed by atoms with Crippen molar-refractivity contribution in [1.82, 2.24) is 5.43 Å². The standard InChI is InChI=1S/C18H18N4.ClH/c19-18(20)22-21-17(13-11-15-7-3-1-4-8-15)14-12-16-9-5-2-6-10-16;/h1-14H,(H4,19,20,22);1H/b13-11+,14-12+;. The van der Waals surface area contributed by atoms with Gasteiger partial charge in [-0.05, 0) is 23.3 Å². The van der Waals surface area contributed by atoms with Gasteiger partial charge in [-0.15, -0.1) is 12.4 Å². The number of hydrazone groups is 1. The maximum atomic E-state index is 7.19. The van der Waals surface area contributed by atoms with Crippen LogP contribution in [-0.4, -0.2) is 11.7 Å². The number of halogens is 1. The molecule has 2 aromatic carbocycles. The van der Waals surface area contributed by atoms with Crippen molar-refractivity contribution in [3.8, 4) is 0 Å². The van der Waals surface area contributed by atoms with E-state index in [0.29, 0.717) is 5.71 Å². The first kappa shape index (κ1) is 18.2. The van der Waals surface area contributed by atoms with E-state index in [9.17, 15) is 0 Å². The Labute approximate surface area is 142 Å². The van der Waals surface area contributed by atoms with Crippen molar-refractivity contribution >= 4 is 36.2 Å². The van der Waals surface area contributed by atoms with Crippen LogP contribution < -0.4 is 11.2 Å². The number of allylic oxidation sites excluding steroid dienone is 2. The highest BCUT2D eigenvalue weighted by molar-refractivity contribution is 6.08. The number of benzene rings is 2. The first-order chi connectivity index (χ1) is 10.7. The lowest BCUT2D eigenvalue weighted by Crippen LogP contribution is -2.26. The van der Waals surface area contributed by atoms with E-state index in [1.807, 2.05) is 85.0 Å². The molecule has 0 saturated carbocycles. The molecule has 0 aliphatic rings. The third-order valence-electron chi connectivity index (χ3n) is 2.80. The third-order valence-corrected chi connectivity index (χ3v) is 2.80. The molecule has 2 aromatic rings. The van der Waals surface area contributed by atoms with Crippen molar-refractivity contribution in [3.05, 3.63) is 83.9 Å². The van der Waals surface area contributed by atoms with Crippen LogP contribution in [0.4, 0.5) is 0 Å². The predicted octanol–water partition coefficient (Wildman–Crippen LogP) is 3.67. The van der Waals surface area contributed by atoms with Crippen LogP contribution in [-0.2, 0) is 0 Å². The lowest BCUT2D eigenvalue weighted by molar-refractivity contribution is 0.998. The van der Waals surface area contributed by atoms with Crippen LogP contribution >= 0.6 is 12.4 Å². The molecule has 0 fully saturated rings. The van der Waals surface area contributed by atoms with Gasteiger partial charge in [-0.2, -0.15) is 5.10 Å². The minimum absolute atomic E-state index is 0. The number of hydrogen-bond donors (Lipinski definition) is 3. The molecule has 0 spiro atoms. The van der Waals surface area contributed by atoms with E-state index in [1.54, 1.807) is 0 Å². The molecule has 0 aliphatic carbocycles. The summed E-state index contributed by atoms with van der Waals surface area (Å²) in [6.45, 7) is 0. The van der Waals surface area contributed by atoms with Gasteiger partial charge in [0.1, 0.15) is 0 Å². The first-order valence-electron chi connectivity index (χ1n) is 6.88. The maximum Gasteiger partial charge on any atom is 0.206 e. The van der Waals surface area contributed by atoms with E-state index >= 15 is 0 Å². The Bertz CT molecular complexity index is 640. The second kappa shape index (κ2) is 9.97. The Morgan fingerprint density at radius 2 is 1.30 bits per heavy atom. The highest BCUT2D eigenvalue weighted by Gasteiger charge is 1.92. The molecule has 0 aromatic heterocycles. The Morgan fingerprint density at radius 3 is 1.70 bits per heavy atom. The molecule has 4 nitrogen and oxygen atoms in total. The van der Waals surface area contributed by atoms with Crippen LogP contribution in [0.25, 0.3) is 12.2 Å². The van der Waals surface area contributed by atoms with E-state index < -0.39 is 0 Å². The second-order valence-corrected chi connectivity index (χ2v) is 4.55. The molecular formula is C18H19ClN4. The molecule has 23 heavy (non-hydrogen) atoms. The number of hydrogen-bond acceptors (Lipinski definition) is 2. The molecule has 0 amide bonds. The average molecular weight is 327 g/mol. The van der Waals surface area contributed by atoms with Crippen LogP contribution in [0.1, 0.15) is 11.1 Å². The van der Waals surface area contributed by atoms with Crippen LogP contribution in [0.2, 0.25) is 0 Å². The number of nitrogens with zero attached hydrogens (tertiary/aromatic N) is 1. The molecule has 0 aliphatic heterocycles. The van der Waals surface area contributed by atoms with E-state index in [2.05, 4.69) is 10.5 Å². The Balaban J connectivity index is 0.00000264. The molecule has 0 atom stereocenters. The molecule has 2 rings (SSSR count). The molecular weight excluding hydrogens is 308 g/mol. The molecule has 0 bridgehead atoms. The Kier molecular flexibility index (Phi) is 7.89. The normalized spacial score (nSPS) is 10.3. The van der Waals surface area contributed by atoms with E-state index in [0.717, 1.165) is 11.1 Å². The van der Waals surface area contributed by atoms with Crippen molar-refractivity contribution in [3.63, 3.8) is 0 Å². The van der Waals surface area contributed by atoms with Gasteiger partial charge in [0, 0.05) is 0 Å². The zero-order valence-corrected chi connectivity index (χ0v) is 13.3. The molecule has 118 valence electrons. The zero-order chi connectivity index (χ0) is 15.6. The molecule has 0 saturated heterocycles. The molecule has 5 heteroatoms. The highest BCUT2D eigenvalue weighted by atomic mass is 35.5. The molecule has 0 radical (unpaired) electrons. The summed E-state index contributed by atoms with van der Waals surface area (Å²) < 4.78 is 0. The summed E-state index contributed by atoms with van der Waals surface area (Å²) in [5.74, 6) is -0.196. The maximum absolute atomic E-state index is 7.19. The van der Waals surface area contributed by atoms with Crippen LogP contribution in [0.5, 0.6) is 0 Å². The van der Waals surface area contributed by atoms with Gasteiger partial charge in [0.05, 0.1) is 5.71 Å². The quantitative estimate of drug-likeness (QED) is 0.445. The summed E-state index contributed by atoms with van der Waals surface area (Å²) in [5.41, 5.74) is 10.6. The number of guanidine groups is 1. The summed E-state index contributed by atoms with van der Waals surface area (Å²) in [6, 6.07) is 19.9. The average Bonchev–Trinajstić information content (AvgIpc) is 2.56. The van der Waals surface area contributed by atoms with Gasteiger partial charge in [-0.25, -0.2) is 5.43 Å². The minimum Gasteiger partial charge on any atom is -0.369 e. The summed E-state index contributed by atoms with van der Waals surface area (Å²) >= 11 is 0. The van der Waals surface area contributed by atoms with Gasteiger partial charge in [-0.3, -0.25) is 5.41 Å². The SMILES string of the molecule is Cl.N=C(N)NN=C(/C=C/c1ccccc1)/C=C/c1ccccc1. The summed E-state index contributed by atoms with van der Waals surface area (Å²) in [4.78, 5) is 0. The van der Waals surface area contributed by atoms with E-state index in [4.69, 9.17) is 11.1 Å².